The molecule has 0 aliphatic carbocycles. The molecule has 1 unspecified atom stereocenters. The molecule has 3 aliphatic rings. The molecule has 0 bridgehead atoms. The van der Waals surface area contributed by atoms with Crippen molar-refractivity contribution in [2.75, 3.05) is 45.2 Å². The van der Waals surface area contributed by atoms with Crippen LogP contribution in [0.3, 0.4) is 0 Å². The number of nitrogens with one attached hydrogen (secondary N) is 2. The van der Waals surface area contributed by atoms with Gasteiger partial charge in [-0.25, -0.2) is 8.78 Å². The Labute approximate surface area is 360 Å². The Morgan fingerprint density at radius 1 is 1.00 bits per heavy atom. The third-order valence-corrected chi connectivity index (χ3v) is 12.7. The largest absolute Gasteiger partial charge is 0.371 e. The summed E-state index contributed by atoms with van der Waals surface area (Å²) in [5, 5.41) is 16.5. The smallest absolute Gasteiger partial charge is 0.269 e. The third kappa shape index (κ3) is 7.50. The van der Waals surface area contributed by atoms with Crippen LogP contribution >= 0.6 is 11.6 Å². The number of aromatic nitrogens is 6. The Hall–Kier alpha value is -6.42. The minimum Gasteiger partial charge on any atom is -0.371 e. The molecule has 6 aromatic rings. The van der Waals surface area contributed by atoms with E-state index in [9.17, 15) is 19.2 Å². The van der Waals surface area contributed by atoms with Crippen molar-refractivity contribution in [1.82, 2.24) is 44.9 Å². The minimum absolute atomic E-state index is 0.0825. The van der Waals surface area contributed by atoms with Crippen molar-refractivity contribution in [2.45, 2.75) is 64.0 Å². The standard InChI is InChI=1S/C45H45ClF2N10O4/c1-25-41-36(7-4-8-37(41)58(52-25)38-9-10-39(59)51-44(38)61)55-16-11-26(12-17-55)28-21-33(46)31(22-34(28)47)30-20-29(42(48)43-32(30)23-35(50-43)45(62)54(2)3)27-6-5-15-56(24-27)40(60)13-18-57-19-14-49-53-57/h4,6-8,14,19-23,26,38,50H,5,9-13,15-18,24H2,1-3H3,(H,51,59,61). The van der Waals surface area contributed by atoms with Crippen LogP contribution in [-0.4, -0.2) is 103 Å². The molecule has 14 nitrogen and oxygen atoms in total. The monoisotopic (exact) mass is 862 g/mol. The van der Waals surface area contributed by atoms with Crippen molar-refractivity contribution >= 4 is 68.3 Å². The van der Waals surface area contributed by atoms with Crippen molar-refractivity contribution in [2.24, 2.45) is 0 Å². The van der Waals surface area contributed by atoms with Crippen LogP contribution in [0.25, 0.3) is 38.5 Å². The van der Waals surface area contributed by atoms with Crippen LogP contribution in [0.2, 0.25) is 5.02 Å². The van der Waals surface area contributed by atoms with Gasteiger partial charge in [-0.05, 0) is 91.6 Å². The number of carbonyl (C=O) groups is 4. The maximum atomic E-state index is 16.7. The highest BCUT2D eigenvalue weighted by atomic mass is 35.5. The van der Waals surface area contributed by atoms with Crippen LogP contribution in [0, 0.1) is 18.6 Å². The van der Waals surface area contributed by atoms with E-state index in [1.165, 1.54) is 11.0 Å². The van der Waals surface area contributed by atoms with E-state index in [-0.39, 0.29) is 70.7 Å². The van der Waals surface area contributed by atoms with Crippen LogP contribution in [0.4, 0.5) is 14.5 Å². The fourth-order valence-corrected chi connectivity index (χ4v) is 9.50. The average molecular weight is 863 g/mol. The molecular weight excluding hydrogens is 818 g/mol. The van der Waals surface area contributed by atoms with E-state index < -0.39 is 17.7 Å². The van der Waals surface area contributed by atoms with E-state index in [1.54, 1.807) is 59.0 Å². The van der Waals surface area contributed by atoms with Gasteiger partial charge in [0, 0.05) is 91.9 Å². The lowest BCUT2D eigenvalue weighted by Gasteiger charge is -2.34. The van der Waals surface area contributed by atoms with Crippen LogP contribution in [0.5, 0.6) is 0 Å². The first-order chi connectivity index (χ1) is 29.9. The molecule has 6 heterocycles. The van der Waals surface area contributed by atoms with Gasteiger partial charge in [-0.15, -0.1) is 5.10 Å². The summed E-state index contributed by atoms with van der Waals surface area (Å²) in [4.78, 5) is 59.3. The Morgan fingerprint density at radius 3 is 2.55 bits per heavy atom. The number of aryl methyl sites for hydroxylation is 2. The molecule has 62 heavy (non-hydrogen) atoms. The van der Waals surface area contributed by atoms with E-state index in [4.69, 9.17) is 16.7 Å². The molecule has 2 saturated heterocycles. The summed E-state index contributed by atoms with van der Waals surface area (Å²) < 4.78 is 36.6. The summed E-state index contributed by atoms with van der Waals surface area (Å²) in [7, 11) is 3.21. The fourth-order valence-electron chi connectivity index (χ4n) is 9.23. The van der Waals surface area contributed by atoms with Gasteiger partial charge in [0.25, 0.3) is 11.8 Å². The second kappa shape index (κ2) is 16.5. The van der Waals surface area contributed by atoms with Crippen molar-refractivity contribution in [1.29, 1.82) is 0 Å². The first-order valence-electron chi connectivity index (χ1n) is 20.8. The zero-order valence-electron chi connectivity index (χ0n) is 34.6. The molecule has 3 aromatic heterocycles. The highest BCUT2D eigenvalue weighted by Gasteiger charge is 2.33. The highest BCUT2D eigenvalue weighted by Crippen LogP contribution is 2.43. The highest BCUT2D eigenvalue weighted by molar-refractivity contribution is 6.34. The van der Waals surface area contributed by atoms with Gasteiger partial charge in [-0.2, -0.15) is 5.10 Å². The van der Waals surface area contributed by atoms with E-state index in [1.807, 2.05) is 31.2 Å². The van der Waals surface area contributed by atoms with Crippen LogP contribution < -0.4 is 10.2 Å². The molecule has 4 amide bonds. The molecule has 3 aliphatic heterocycles. The maximum absolute atomic E-state index is 16.7. The number of hydrogen-bond donors (Lipinski definition) is 2. The second-order valence-corrected chi connectivity index (χ2v) is 16.9. The van der Waals surface area contributed by atoms with Gasteiger partial charge in [0.2, 0.25) is 11.8 Å². The molecule has 2 N–H and O–H groups in total. The quantitative estimate of drug-likeness (QED) is 0.151. The first-order valence-corrected chi connectivity index (χ1v) is 21.2. The number of fused-ring (bicyclic) bond motifs is 2. The Morgan fingerprint density at radius 2 is 1.81 bits per heavy atom. The lowest BCUT2D eigenvalue weighted by molar-refractivity contribution is -0.136. The molecule has 9 rings (SSSR count). The number of H-pyrrole nitrogens is 1. The molecule has 2 fully saturated rings. The average Bonchev–Trinajstić information content (AvgIpc) is 4.04. The van der Waals surface area contributed by atoms with Crippen LogP contribution in [-0.2, 0) is 20.9 Å². The second-order valence-electron chi connectivity index (χ2n) is 16.5. The summed E-state index contributed by atoms with van der Waals surface area (Å²) in [6, 6.07) is 11.6. The zero-order valence-corrected chi connectivity index (χ0v) is 35.3. The first kappa shape index (κ1) is 41.0. The number of amides is 4. The molecule has 320 valence electrons. The fraction of sp³-hybridized carbons (Fsp3) is 0.356. The van der Waals surface area contributed by atoms with E-state index in [0.717, 1.165) is 22.3 Å². The van der Waals surface area contributed by atoms with Gasteiger partial charge in [0.05, 0.1) is 29.5 Å². The van der Waals surface area contributed by atoms with Gasteiger partial charge >= 0.3 is 0 Å². The van der Waals surface area contributed by atoms with Crippen molar-refractivity contribution in [3.05, 3.63) is 100 Å². The number of imide groups is 1. The van der Waals surface area contributed by atoms with E-state index in [0.29, 0.717) is 79.5 Å². The number of anilines is 1. The number of carbonyl (C=O) groups excluding carboxylic acids is 4. The summed E-state index contributed by atoms with van der Waals surface area (Å²) in [5.41, 5.74) is 4.94. The Balaban J connectivity index is 0.994. The summed E-state index contributed by atoms with van der Waals surface area (Å²) in [6.45, 7) is 4.18. The Bertz CT molecular complexity index is 2810. The predicted molar refractivity (Wildman–Crippen MR) is 231 cm³/mol. The van der Waals surface area contributed by atoms with Crippen LogP contribution in [0.15, 0.2) is 60.9 Å². The van der Waals surface area contributed by atoms with E-state index >= 15 is 8.78 Å². The zero-order chi connectivity index (χ0) is 43.4. The summed E-state index contributed by atoms with van der Waals surface area (Å²) in [6.07, 6.45) is 7.77. The van der Waals surface area contributed by atoms with Gasteiger partial charge in [-0.3, -0.25) is 33.9 Å². The lowest BCUT2D eigenvalue weighted by Crippen LogP contribution is -2.42. The minimum atomic E-state index is -0.584. The number of hydrogen-bond acceptors (Lipinski definition) is 8. The molecule has 0 spiro atoms. The van der Waals surface area contributed by atoms with Crippen molar-refractivity contribution in [3.63, 3.8) is 0 Å². The van der Waals surface area contributed by atoms with Crippen LogP contribution in [0.1, 0.15) is 77.8 Å². The number of aromatic amines is 1. The molecule has 17 heteroatoms. The maximum Gasteiger partial charge on any atom is 0.269 e. The topological polar surface area (TPSA) is 154 Å². The van der Waals surface area contributed by atoms with Gasteiger partial charge in [-0.1, -0.05) is 29.0 Å². The van der Waals surface area contributed by atoms with E-state index in [2.05, 4.69) is 25.5 Å². The Kier molecular flexibility index (Phi) is 10.9. The summed E-state index contributed by atoms with van der Waals surface area (Å²) in [5.74, 6) is -2.26. The lowest BCUT2D eigenvalue weighted by atomic mass is 9.87. The van der Waals surface area contributed by atoms with Gasteiger partial charge in [0.15, 0.2) is 5.82 Å². The predicted octanol–water partition coefficient (Wildman–Crippen LogP) is 6.79. The molecular formula is C45H45ClF2N10O4. The number of halogens is 3. The molecule has 1 atom stereocenters. The SMILES string of the molecule is Cc1nn(C2CCC(=O)NC2=O)c2cccc(N3CCC(c4cc(Cl)c(-c5cc(C6=CCCN(C(=O)CCn7ccnn7)C6)c(F)c6[nH]c(C(=O)N(C)C)cc56)cc4F)CC3)c12. The molecule has 0 saturated carbocycles. The number of benzene rings is 3. The molecule has 0 radical (unpaired) electrons. The molecule has 3 aromatic carbocycles. The van der Waals surface area contributed by atoms with Crippen molar-refractivity contribution in [3.8, 4) is 11.1 Å². The number of piperidine rings is 2. The van der Waals surface area contributed by atoms with Crippen molar-refractivity contribution < 1.29 is 28.0 Å². The normalized spacial score (nSPS) is 17.5. The number of rotatable bonds is 9. The van der Waals surface area contributed by atoms with Gasteiger partial charge < -0.3 is 19.7 Å². The summed E-state index contributed by atoms with van der Waals surface area (Å²) >= 11 is 7.10. The van der Waals surface area contributed by atoms with Gasteiger partial charge in [0.1, 0.15) is 17.6 Å². The third-order valence-electron chi connectivity index (χ3n) is 12.4. The number of nitrogens with zero attached hydrogens (tertiary/aromatic N) is 8.